The lowest BCUT2D eigenvalue weighted by Crippen LogP contribution is -2.58. The minimum Gasteiger partial charge on any atom is -0.395 e. The summed E-state index contributed by atoms with van der Waals surface area (Å²) in [5.74, 6) is 0.115. The zero-order valence-electron chi connectivity index (χ0n) is 14.4. The zero-order chi connectivity index (χ0) is 16.0. The fourth-order valence-electron chi connectivity index (χ4n) is 2.68. The number of nitrogens with zero attached hydrogens (tertiary/aromatic N) is 2. The number of hydrogen-bond acceptors (Lipinski definition) is 4. The number of rotatable bonds is 7. The molecule has 21 heavy (non-hydrogen) atoms. The number of aliphatic hydroxyl groups is 1. The SMILES string of the molecule is CCC(CO)N1CCN(C(C)C(=O)NC(C)(C)CC)CC1. The van der Waals surface area contributed by atoms with E-state index in [9.17, 15) is 9.90 Å². The van der Waals surface area contributed by atoms with Crippen LogP contribution in [0.5, 0.6) is 0 Å². The molecular formula is C16H33N3O2. The van der Waals surface area contributed by atoms with Crippen LogP contribution in [0, 0.1) is 0 Å². The van der Waals surface area contributed by atoms with Gasteiger partial charge in [0.15, 0.2) is 0 Å². The molecule has 0 aliphatic carbocycles. The van der Waals surface area contributed by atoms with Crippen molar-refractivity contribution in [2.24, 2.45) is 0 Å². The maximum atomic E-state index is 12.3. The molecule has 0 bridgehead atoms. The first-order valence-electron chi connectivity index (χ1n) is 8.25. The van der Waals surface area contributed by atoms with Crippen LogP contribution >= 0.6 is 0 Å². The smallest absolute Gasteiger partial charge is 0.237 e. The monoisotopic (exact) mass is 299 g/mol. The molecule has 0 saturated carbocycles. The number of piperazine rings is 1. The molecule has 2 atom stereocenters. The Morgan fingerprint density at radius 1 is 1.19 bits per heavy atom. The van der Waals surface area contributed by atoms with Gasteiger partial charge in [-0.05, 0) is 33.6 Å². The van der Waals surface area contributed by atoms with Gasteiger partial charge in [-0.3, -0.25) is 14.6 Å². The molecule has 5 nitrogen and oxygen atoms in total. The Morgan fingerprint density at radius 2 is 1.71 bits per heavy atom. The summed E-state index contributed by atoms with van der Waals surface area (Å²) in [6.45, 7) is 14.1. The highest BCUT2D eigenvalue weighted by Crippen LogP contribution is 2.13. The highest BCUT2D eigenvalue weighted by atomic mass is 16.3. The van der Waals surface area contributed by atoms with Crippen LogP contribution in [0.25, 0.3) is 0 Å². The van der Waals surface area contributed by atoms with Crippen molar-refractivity contribution in [3.63, 3.8) is 0 Å². The van der Waals surface area contributed by atoms with E-state index in [0.717, 1.165) is 39.0 Å². The summed E-state index contributed by atoms with van der Waals surface area (Å²) in [6.07, 6.45) is 1.89. The number of aliphatic hydroxyl groups excluding tert-OH is 1. The minimum atomic E-state index is -0.142. The molecule has 0 spiro atoms. The summed E-state index contributed by atoms with van der Waals surface area (Å²) >= 11 is 0. The molecule has 1 amide bonds. The lowest BCUT2D eigenvalue weighted by molar-refractivity contribution is -0.128. The molecule has 2 unspecified atom stereocenters. The highest BCUT2D eigenvalue weighted by molar-refractivity contribution is 5.82. The normalized spacial score (nSPS) is 21.0. The third kappa shape index (κ3) is 5.24. The van der Waals surface area contributed by atoms with E-state index in [-0.39, 0.29) is 30.1 Å². The van der Waals surface area contributed by atoms with Gasteiger partial charge in [-0.1, -0.05) is 13.8 Å². The summed E-state index contributed by atoms with van der Waals surface area (Å²) in [4.78, 5) is 16.9. The summed E-state index contributed by atoms with van der Waals surface area (Å²) in [5, 5.41) is 12.5. The standard InChI is InChI=1S/C16H33N3O2/c1-6-14(12-20)19-10-8-18(9-11-19)13(3)15(21)17-16(4,5)7-2/h13-14,20H,6-12H2,1-5H3,(H,17,21). The average Bonchev–Trinajstić information content (AvgIpc) is 2.48. The number of hydrogen-bond donors (Lipinski definition) is 2. The van der Waals surface area contributed by atoms with Crippen molar-refractivity contribution in [3.8, 4) is 0 Å². The van der Waals surface area contributed by atoms with Crippen LogP contribution in [0.1, 0.15) is 47.5 Å². The first-order valence-corrected chi connectivity index (χ1v) is 8.25. The molecule has 1 saturated heterocycles. The van der Waals surface area contributed by atoms with Crippen LogP contribution in [0.4, 0.5) is 0 Å². The van der Waals surface area contributed by atoms with Gasteiger partial charge in [0, 0.05) is 37.8 Å². The minimum absolute atomic E-state index is 0.0906. The molecule has 1 aliphatic rings. The van der Waals surface area contributed by atoms with E-state index in [1.807, 2.05) is 6.92 Å². The second-order valence-corrected chi connectivity index (χ2v) is 6.72. The molecule has 0 aromatic rings. The van der Waals surface area contributed by atoms with E-state index in [1.165, 1.54) is 0 Å². The van der Waals surface area contributed by atoms with Crippen molar-refractivity contribution in [3.05, 3.63) is 0 Å². The zero-order valence-corrected chi connectivity index (χ0v) is 14.4. The van der Waals surface area contributed by atoms with E-state index in [2.05, 4.69) is 42.8 Å². The lowest BCUT2D eigenvalue weighted by Gasteiger charge is -2.41. The van der Waals surface area contributed by atoms with Crippen molar-refractivity contribution in [1.29, 1.82) is 0 Å². The molecule has 0 aromatic carbocycles. The lowest BCUT2D eigenvalue weighted by atomic mass is 10.0. The molecular weight excluding hydrogens is 266 g/mol. The van der Waals surface area contributed by atoms with Crippen LogP contribution in [-0.2, 0) is 4.79 Å². The molecule has 1 aliphatic heterocycles. The van der Waals surface area contributed by atoms with E-state index in [0.29, 0.717) is 0 Å². The molecule has 124 valence electrons. The van der Waals surface area contributed by atoms with Crippen molar-refractivity contribution < 1.29 is 9.90 Å². The maximum Gasteiger partial charge on any atom is 0.237 e. The molecule has 2 N–H and O–H groups in total. The van der Waals surface area contributed by atoms with E-state index in [4.69, 9.17) is 0 Å². The van der Waals surface area contributed by atoms with Gasteiger partial charge in [0.2, 0.25) is 5.91 Å². The number of nitrogens with one attached hydrogen (secondary N) is 1. The Morgan fingerprint density at radius 3 is 2.14 bits per heavy atom. The molecule has 0 aromatic heterocycles. The first-order chi connectivity index (χ1) is 9.84. The summed E-state index contributed by atoms with van der Waals surface area (Å²) in [7, 11) is 0. The third-order valence-corrected chi connectivity index (χ3v) is 4.82. The van der Waals surface area contributed by atoms with Gasteiger partial charge >= 0.3 is 0 Å². The van der Waals surface area contributed by atoms with Crippen LogP contribution in [0.15, 0.2) is 0 Å². The molecule has 1 rings (SSSR count). The van der Waals surface area contributed by atoms with Gasteiger partial charge in [-0.25, -0.2) is 0 Å². The molecule has 0 radical (unpaired) electrons. The van der Waals surface area contributed by atoms with Crippen LogP contribution in [0.2, 0.25) is 0 Å². The van der Waals surface area contributed by atoms with Gasteiger partial charge in [-0.2, -0.15) is 0 Å². The fourth-order valence-corrected chi connectivity index (χ4v) is 2.68. The Hall–Kier alpha value is -0.650. The van der Waals surface area contributed by atoms with Gasteiger partial charge < -0.3 is 10.4 Å². The maximum absolute atomic E-state index is 12.3. The van der Waals surface area contributed by atoms with Crippen molar-refractivity contribution in [1.82, 2.24) is 15.1 Å². The Kier molecular flexibility index (Phi) is 7.10. The number of amides is 1. The van der Waals surface area contributed by atoms with Crippen LogP contribution in [0.3, 0.4) is 0 Å². The van der Waals surface area contributed by atoms with Crippen LogP contribution in [-0.4, -0.2) is 71.2 Å². The van der Waals surface area contributed by atoms with Crippen molar-refractivity contribution >= 4 is 5.91 Å². The summed E-state index contributed by atoms with van der Waals surface area (Å²) in [5.41, 5.74) is -0.142. The van der Waals surface area contributed by atoms with Crippen molar-refractivity contribution in [2.45, 2.75) is 65.1 Å². The van der Waals surface area contributed by atoms with Gasteiger partial charge in [0.1, 0.15) is 0 Å². The first kappa shape index (κ1) is 18.4. The van der Waals surface area contributed by atoms with E-state index < -0.39 is 0 Å². The number of carbonyl (C=O) groups is 1. The second kappa shape index (κ2) is 8.11. The molecule has 1 fully saturated rings. The van der Waals surface area contributed by atoms with E-state index in [1.54, 1.807) is 0 Å². The average molecular weight is 299 g/mol. The van der Waals surface area contributed by atoms with Gasteiger partial charge in [0.25, 0.3) is 0 Å². The third-order valence-electron chi connectivity index (χ3n) is 4.82. The topological polar surface area (TPSA) is 55.8 Å². The second-order valence-electron chi connectivity index (χ2n) is 6.72. The highest BCUT2D eigenvalue weighted by Gasteiger charge is 2.29. The van der Waals surface area contributed by atoms with Gasteiger partial charge in [0.05, 0.1) is 12.6 Å². The van der Waals surface area contributed by atoms with E-state index >= 15 is 0 Å². The Labute approximate surface area is 129 Å². The summed E-state index contributed by atoms with van der Waals surface area (Å²) in [6, 6.07) is 0.169. The quantitative estimate of drug-likeness (QED) is 0.738. The van der Waals surface area contributed by atoms with Gasteiger partial charge in [-0.15, -0.1) is 0 Å². The van der Waals surface area contributed by atoms with Crippen LogP contribution < -0.4 is 5.32 Å². The summed E-state index contributed by atoms with van der Waals surface area (Å²) < 4.78 is 0. The predicted molar refractivity (Wildman–Crippen MR) is 86.3 cm³/mol. The van der Waals surface area contributed by atoms with Crippen molar-refractivity contribution in [2.75, 3.05) is 32.8 Å². The molecule has 5 heteroatoms. The number of carbonyl (C=O) groups excluding carboxylic acids is 1. The fraction of sp³-hybridized carbons (Fsp3) is 0.938. The Bertz CT molecular complexity index is 321. The molecule has 1 heterocycles. The largest absolute Gasteiger partial charge is 0.395 e. The predicted octanol–water partition coefficient (Wildman–Crippen LogP) is 1.07. The Balaban J connectivity index is 2.48.